The standard InChI is InChI=1S/C21H32N4O8/c1-11(2)6-13(17(27)21(4)10-32-21)22-19(29)15(8-26)23-20(30)16(9-31-5)24-18(28)14-7-12(3)33-25-14/h7,11,13,15-16,26H,6,8-10H2,1-5H3,(H,22,29)(H,23,30)(H,24,28)/t13?,15?,16-,21+/m0/s1. The molecule has 12 heteroatoms. The van der Waals surface area contributed by atoms with Gasteiger partial charge in [-0.05, 0) is 26.2 Å². The van der Waals surface area contributed by atoms with Crippen LogP contribution < -0.4 is 16.0 Å². The van der Waals surface area contributed by atoms with Gasteiger partial charge in [-0.1, -0.05) is 19.0 Å². The Bertz CT molecular complexity index is 864. The number of carbonyl (C=O) groups is 4. The van der Waals surface area contributed by atoms with Gasteiger partial charge in [0, 0.05) is 13.2 Å². The number of aryl methyl sites for hydroxylation is 1. The van der Waals surface area contributed by atoms with Crippen LogP contribution in [0.2, 0.25) is 0 Å². The fourth-order valence-corrected chi connectivity index (χ4v) is 3.12. The first-order chi connectivity index (χ1) is 15.5. The lowest BCUT2D eigenvalue weighted by Gasteiger charge is -2.25. The lowest BCUT2D eigenvalue weighted by Crippen LogP contribution is -2.58. The molecule has 1 aliphatic rings. The van der Waals surface area contributed by atoms with Crippen LogP contribution in [0.5, 0.6) is 0 Å². The van der Waals surface area contributed by atoms with Gasteiger partial charge >= 0.3 is 0 Å². The van der Waals surface area contributed by atoms with E-state index in [-0.39, 0.29) is 30.6 Å². The van der Waals surface area contributed by atoms with E-state index in [0.29, 0.717) is 12.2 Å². The van der Waals surface area contributed by atoms with Crippen LogP contribution in [0.1, 0.15) is 43.4 Å². The Kier molecular flexibility index (Phi) is 9.08. The van der Waals surface area contributed by atoms with Crippen molar-refractivity contribution in [3.63, 3.8) is 0 Å². The molecule has 1 aliphatic heterocycles. The molecule has 0 bridgehead atoms. The third-order valence-electron chi connectivity index (χ3n) is 5.07. The van der Waals surface area contributed by atoms with Crippen LogP contribution in [0.3, 0.4) is 0 Å². The molecular formula is C21H32N4O8. The molecule has 0 radical (unpaired) electrons. The van der Waals surface area contributed by atoms with Crippen LogP contribution in [0, 0.1) is 12.8 Å². The third-order valence-corrected chi connectivity index (χ3v) is 5.07. The molecule has 33 heavy (non-hydrogen) atoms. The van der Waals surface area contributed by atoms with E-state index in [2.05, 4.69) is 21.1 Å². The fraction of sp³-hybridized carbons (Fsp3) is 0.667. The Labute approximate surface area is 191 Å². The van der Waals surface area contributed by atoms with Crippen LogP contribution in [-0.2, 0) is 23.9 Å². The molecule has 2 rings (SSSR count). The molecule has 12 nitrogen and oxygen atoms in total. The van der Waals surface area contributed by atoms with Gasteiger partial charge in [0.2, 0.25) is 11.8 Å². The third kappa shape index (κ3) is 7.34. The van der Waals surface area contributed by atoms with Gasteiger partial charge < -0.3 is 35.1 Å². The van der Waals surface area contributed by atoms with Crippen molar-refractivity contribution in [2.24, 2.45) is 5.92 Å². The lowest BCUT2D eigenvalue weighted by atomic mass is 9.93. The highest BCUT2D eigenvalue weighted by Crippen LogP contribution is 2.29. The summed E-state index contributed by atoms with van der Waals surface area (Å²) in [6, 6.07) is -1.95. The van der Waals surface area contributed by atoms with Crippen molar-refractivity contribution >= 4 is 23.5 Å². The molecule has 2 heterocycles. The molecular weight excluding hydrogens is 436 g/mol. The zero-order valence-electron chi connectivity index (χ0n) is 19.5. The van der Waals surface area contributed by atoms with Gasteiger partial charge in [0.1, 0.15) is 23.4 Å². The number of aliphatic hydroxyl groups excluding tert-OH is 1. The van der Waals surface area contributed by atoms with Gasteiger partial charge in [-0.25, -0.2) is 0 Å². The number of nitrogens with one attached hydrogen (secondary N) is 3. The summed E-state index contributed by atoms with van der Waals surface area (Å²) in [5.74, 6) is -1.91. The number of aliphatic hydroxyl groups is 1. The first-order valence-corrected chi connectivity index (χ1v) is 10.6. The van der Waals surface area contributed by atoms with E-state index in [0.717, 1.165) is 0 Å². The summed E-state index contributed by atoms with van der Waals surface area (Å²) in [5, 5.41) is 20.7. The SMILES string of the molecule is COC[C@H](NC(=O)c1cc(C)on1)C(=O)NC(CO)C(=O)NC(CC(C)C)C(=O)[C@@]1(C)CO1. The number of ketones is 1. The topological polar surface area (TPSA) is 172 Å². The first kappa shape index (κ1) is 26.4. The Morgan fingerprint density at radius 1 is 1.15 bits per heavy atom. The largest absolute Gasteiger partial charge is 0.394 e. The molecule has 1 aromatic rings. The average Bonchev–Trinajstić information content (AvgIpc) is 3.35. The van der Waals surface area contributed by atoms with Gasteiger partial charge in [0.25, 0.3) is 5.91 Å². The Hall–Kier alpha value is -2.83. The zero-order valence-corrected chi connectivity index (χ0v) is 19.5. The Morgan fingerprint density at radius 3 is 2.24 bits per heavy atom. The first-order valence-electron chi connectivity index (χ1n) is 10.6. The van der Waals surface area contributed by atoms with Crippen molar-refractivity contribution in [1.29, 1.82) is 0 Å². The van der Waals surface area contributed by atoms with Crippen LogP contribution >= 0.6 is 0 Å². The van der Waals surface area contributed by atoms with Crippen molar-refractivity contribution in [1.82, 2.24) is 21.1 Å². The summed E-state index contributed by atoms with van der Waals surface area (Å²) in [4.78, 5) is 50.5. The molecule has 1 saturated heterocycles. The second kappa shape index (κ2) is 11.3. The van der Waals surface area contributed by atoms with E-state index < -0.39 is 48.1 Å². The van der Waals surface area contributed by atoms with Gasteiger partial charge in [-0.15, -0.1) is 0 Å². The highest BCUT2D eigenvalue weighted by molar-refractivity contribution is 5.99. The number of methoxy groups -OCH3 is 1. The van der Waals surface area contributed by atoms with E-state index in [4.69, 9.17) is 14.0 Å². The summed E-state index contributed by atoms with van der Waals surface area (Å²) in [7, 11) is 1.34. The average molecular weight is 469 g/mol. The quantitative estimate of drug-likeness (QED) is 0.267. The molecule has 1 fully saturated rings. The van der Waals surface area contributed by atoms with Crippen LogP contribution in [-0.4, -0.2) is 84.4 Å². The molecule has 4 N–H and O–H groups in total. The highest BCUT2D eigenvalue weighted by atomic mass is 16.6. The van der Waals surface area contributed by atoms with Crippen LogP contribution in [0.15, 0.2) is 10.6 Å². The molecule has 0 aromatic carbocycles. The van der Waals surface area contributed by atoms with E-state index in [1.54, 1.807) is 13.8 Å². The van der Waals surface area contributed by atoms with Crippen LogP contribution in [0.4, 0.5) is 0 Å². The second-order valence-corrected chi connectivity index (χ2v) is 8.62. The Morgan fingerprint density at radius 2 is 1.76 bits per heavy atom. The minimum Gasteiger partial charge on any atom is -0.394 e. The maximum atomic E-state index is 12.8. The number of hydrogen-bond acceptors (Lipinski definition) is 9. The normalized spacial score (nSPS) is 20.0. The van der Waals surface area contributed by atoms with Gasteiger partial charge in [0.15, 0.2) is 11.5 Å². The summed E-state index contributed by atoms with van der Waals surface area (Å²) in [5.41, 5.74) is -0.957. The monoisotopic (exact) mass is 468 g/mol. The predicted molar refractivity (Wildman–Crippen MR) is 114 cm³/mol. The Balaban J connectivity index is 2.04. The summed E-state index contributed by atoms with van der Waals surface area (Å²) in [6.45, 7) is 6.43. The van der Waals surface area contributed by atoms with E-state index in [1.165, 1.54) is 13.2 Å². The van der Waals surface area contributed by atoms with Gasteiger partial charge in [-0.2, -0.15) is 0 Å². The van der Waals surface area contributed by atoms with Gasteiger partial charge in [-0.3, -0.25) is 19.2 Å². The molecule has 1 aromatic heterocycles. The van der Waals surface area contributed by atoms with Crippen molar-refractivity contribution in [2.75, 3.05) is 26.9 Å². The molecule has 2 unspecified atom stereocenters. The number of hydrogen-bond donors (Lipinski definition) is 4. The lowest BCUT2D eigenvalue weighted by molar-refractivity contribution is -0.134. The maximum absolute atomic E-state index is 12.8. The fourth-order valence-electron chi connectivity index (χ4n) is 3.12. The number of aromatic nitrogens is 1. The zero-order chi connectivity index (χ0) is 24.8. The molecule has 0 saturated carbocycles. The van der Waals surface area contributed by atoms with Crippen molar-refractivity contribution in [3.05, 3.63) is 17.5 Å². The molecule has 0 spiro atoms. The number of ether oxygens (including phenoxy) is 2. The number of carbonyl (C=O) groups excluding carboxylic acids is 4. The molecule has 0 aliphatic carbocycles. The number of amides is 3. The van der Waals surface area contributed by atoms with Crippen LogP contribution in [0.25, 0.3) is 0 Å². The predicted octanol–water partition coefficient (Wildman–Crippen LogP) is -0.906. The van der Waals surface area contributed by atoms with Crippen molar-refractivity contribution in [2.45, 2.75) is 57.8 Å². The number of rotatable bonds is 13. The number of Topliss-reactive ketones (excluding diaryl/α,β-unsaturated/α-hetero) is 1. The van der Waals surface area contributed by atoms with E-state index >= 15 is 0 Å². The number of nitrogens with zero attached hydrogens (tertiary/aromatic N) is 1. The number of epoxide rings is 1. The maximum Gasteiger partial charge on any atom is 0.274 e. The van der Waals surface area contributed by atoms with E-state index in [1.807, 2.05) is 13.8 Å². The van der Waals surface area contributed by atoms with E-state index in [9.17, 15) is 24.3 Å². The molecule has 4 atom stereocenters. The molecule has 184 valence electrons. The molecule has 3 amide bonds. The van der Waals surface area contributed by atoms with Crippen molar-refractivity contribution < 1.29 is 38.3 Å². The van der Waals surface area contributed by atoms with Crippen molar-refractivity contribution in [3.8, 4) is 0 Å². The minimum atomic E-state index is -1.35. The summed E-state index contributed by atoms with van der Waals surface area (Å²) >= 11 is 0. The smallest absolute Gasteiger partial charge is 0.274 e. The summed E-state index contributed by atoms with van der Waals surface area (Å²) in [6.07, 6.45) is 0.370. The minimum absolute atomic E-state index is 0.0244. The highest BCUT2D eigenvalue weighted by Gasteiger charge is 2.50. The summed E-state index contributed by atoms with van der Waals surface area (Å²) < 4.78 is 15.0. The second-order valence-electron chi connectivity index (χ2n) is 8.62. The van der Waals surface area contributed by atoms with Gasteiger partial charge in [0.05, 0.1) is 25.9 Å².